The Balaban J connectivity index is 0.000000107. The highest BCUT2D eigenvalue weighted by molar-refractivity contribution is 7.22. The summed E-state index contributed by atoms with van der Waals surface area (Å²) < 4.78 is 0. The first-order chi connectivity index (χ1) is 74.5. The van der Waals surface area contributed by atoms with Gasteiger partial charge in [0.2, 0.25) is 0 Å². The fraction of sp³-hybridized carbons (Fsp3) is 0. The molecule has 27 aromatic rings. The van der Waals surface area contributed by atoms with Gasteiger partial charge in [-0.15, -0.1) is 45.3 Å². The molecule has 0 atom stereocenters. The summed E-state index contributed by atoms with van der Waals surface area (Å²) in [5.74, 6) is 0. The van der Waals surface area contributed by atoms with Gasteiger partial charge in [-0.1, -0.05) is 595 Å². The van der Waals surface area contributed by atoms with Gasteiger partial charge in [-0.25, -0.2) is 0 Å². The highest BCUT2D eigenvalue weighted by Crippen LogP contribution is 2.56. The monoisotopic (exact) mass is 1980 g/mol. The van der Waals surface area contributed by atoms with Crippen molar-refractivity contribution in [2.24, 2.45) is 0 Å². The zero-order chi connectivity index (χ0) is 100. The minimum atomic E-state index is 1.23. The highest BCUT2D eigenvalue weighted by atomic mass is 32.1. The number of hydrogen-bond donors (Lipinski definition) is 0. The van der Waals surface area contributed by atoms with Crippen molar-refractivity contribution in [2.75, 3.05) is 0 Å². The van der Waals surface area contributed by atoms with Gasteiger partial charge in [0.1, 0.15) is 0 Å². The first kappa shape index (κ1) is 94.2. The van der Waals surface area contributed by atoms with Gasteiger partial charge in [-0.2, -0.15) is 0 Å². The van der Waals surface area contributed by atoms with Crippen molar-refractivity contribution in [1.82, 2.24) is 0 Å². The number of rotatable bonds is 19. The molecule has 4 heterocycles. The van der Waals surface area contributed by atoms with Crippen molar-refractivity contribution in [2.45, 2.75) is 0 Å². The number of thiophene rings is 4. The molecule has 0 aliphatic rings. The molecule has 0 saturated carbocycles. The SMILES string of the molecule is c1ccc(-c2ccc(-c3ccccc3)c(-c3sc(-c4ccccc4-c4ccccc4)c4ccccc34)c2)cc1.c1ccc(-c2ccc(-c3sc(-c4ccccc4-c4ccccc4)c4ccccc34)c(-c3ccccc3)c2)cc1.c1ccc(-c2ccccc2-c2sc(-c3c(-c4ccccc4)cccc3-c3ccccc3)c3ccccc23)cc1.c1ccc(-c2ccccc2-c2sc(-c3ccccc3-c3ccccc3)c3ccccc23)cc1. The second-order valence-electron chi connectivity index (χ2n) is 37.2. The van der Waals surface area contributed by atoms with Crippen molar-refractivity contribution >= 4 is 88.4 Å². The van der Waals surface area contributed by atoms with E-state index in [1.807, 2.05) is 45.3 Å². The second kappa shape index (κ2) is 44.1. The average molecular weight is 1980 g/mol. The molecule has 0 fully saturated rings. The van der Waals surface area contributed by atoms with E-state index in [1.165, 1.54) is 249 Å². The maximum Gasteiger partial charge on any atom is 0.0440 e. The van der Waals surface area contributed by atoms with Crippen LogP contribution in [0.3, 0.4) is 0 Å². The van der Waals surface area contributed by atoms with E-state index in [1.54, 1.807) is 0 Å². The Labute approximate surface area is 893 Å². The van der Waals surface area contributed by atoms with Crippen LogP contribution in [0.1, 0.15) is 0 Å². The Morgan fingerprint density at radius 1 is 0.0800 bits per heavy atom. The summed E-state index contributed by atoms with van der Waals surface area (Å²) in [4.78, 5) is 10.5. The Kier molecular flexibility index (Phi) is 27.7. The largest absolute Gasteiger partial charge is 0.134 e. The van der Waals surface area contributed by atoms with E-state index in [2.05, 4.69) is 607 Å². The molecule has 0 amide bonds. The second-order valence-corrected chi connectivity index (χ2v) is 41.3. The summed E-state index contributed by atoms with van der Waals surface area (Å²) >= 11 is 7.60. The average Bonchev–Trinajstić information content (AvgIpc) is 1.51. The fourth-order valence-corrected chi connectivity index (χ4v) is 26.5. The van der Waals surface area contributed by atoms with E-state index in [0.717, 1.165) is 0 Å². The molecule has 27 rings (SSSR count). The molecule has 0 spiro atoms. The maximum atomic E-state index is 2.38. The van der Waals surface area contributed by atoms with Gasteiger partial charge < -0.3 is 0 Å². The zero-order valence-electron chi connectivity index (χ0n) is 82.4. The third-order valence-corrected chi connectivity index (χ3v) is 33.3. The standard InChI is InChI=1S/3C38H26S.C32H22S/c1-4-15-27(16-5-1)30-21-10-11-22-33(30)37-34-23-12-13-24-35(34)38(39-37)36-31(28-17-6-2-7-18-28)25-14-26-32(36)29-19-8-3-9-20-29;1-4-14-27(15-5-1)30-24-25-32(29-18-8-3-9-19-29)36(26-30)38-35-23-13-12-22-34(35)37(39-38)33-21-11-10-20-31(33)28-16-6-2-7-17-28;1-4-14-27(15-5-1)30-24-25-35(36(26-30)29-18-8-3-9-19-29)38-34-23-13-12-22-33(34)37(39-38)32-21-11-10-20-31(32)28-16-6-2-7-17-28;1-3-13-23(14-4-1)25-17-7-9-19-27(25)31-29-21-11-12-22-30(29)32(33-31)28-20-10-8-18-26(28)24-15-5-2-6-16-24/h3*1-26H;1-22H. The first-order valence-corrected chi connectivity index (χ1v) is 54.3. The molecule has 4 heteroatoms. The Bertz CT molecular complexity index is 9120. The first-order valence-electron chi connectivity index (χ1n) is 51.1. The Morgan fingerprint density at radius 2 is 0.227 bits per heavy atom. The normalized spacial score (nSPS) is 11.1. The van der Waals surface area contributed by atoms with E-state index in [9.17, 15) is 0 Å². The zero-order valence-corrected chi connectivity index (χ0v) is 85.6. The molecule has 0 unspecified atom stereocenters. The van der Waals surface area contributed by atoms with Crippen LogP contribution in [0.5, 0.6) is 0 Å². The topological polar surface area (TPSA) is 0 Å². The lowest BCUT2D eigenvalue weighted by atomic mass is 9.89. The molecular formula is C146H100S4. The molecule has 0 bridgehead atoms. The van der Waals surface area contributed by atoms with Crippen LogP contribution in [0.2, 0.25) is 0 Å². The van der Waals surface area contributed by atoms with Crippen LogP contribution in [0.4, 0.5) is 0 Å². The van der Waals surface area contributed by atoms with E-state index in [4.69, 9.17) is 0 Å². The predicted octanol–water partition coefficient (Wildman–Crippen LogP) is 43.3. The van der Waals surface area contributed by atoms with Gasteiger partial charge in [0.15, 0.2) is 0 Å². The molecular weight excluding hydrogens is 1880 g/mol. The van der Waals surface area contributed by atoms with Crippen LogP contribution in [0.25, 0.3) is 249 Å². The summed E-state index contributed by atoms with van der Waals surface area (Å²) in [5.41, 5.74) is 37.6. The molecule has 0 nitrogen and oxygen atoms in total. The van der Waals surface area contributed by atoms with E-state index < -0.39 is 0 Å². The molecule has 0 N–H and O–H groups in total. The van der Waals surface area contributed by atoms with Gasteiger partial charge in [0.05, 0.1) is 0 Å². The van der Waals surface area contributed by atoms with Gasteiger partial charge >= 0.3 is 0 Å². The lowest BCUT2D eigenvalue weighted by Crippen LogP contribution is -1.89. The van der Waals surface area contributed by atoms with E-state index in [0.29, 0.717) is 0 Å². The van der Waals surface area contributed by atoms with Crippen LogP contribution in [-0.2, 0) is 0 Å². The molecule has 708 valence electrons. The van der Waals surface area contributed by atoms with Gasteiger partial charge in [0.25, 0.3) is 0 Å². The lowest BCUT2D eigenvalue weighted by molar-refractivity contribution is 1.59. The minimum absolute atomic E-state index is 1.23. The molecule has 0 aliphatic carbocycles. The van der Waals surface area contributed by atoms with Crippen molar-refractivity contribution < 1.29 is 0 Å². The smallest absolute Gasteiger partial charge is 0.0440 e. The molecule has 0 saturated heterocycles. The highest BCUT2D eigenvalue weighted by Gasteiger charge is 2.28. The quantitative estimate of drug-likeness (QED) is 0.0757. The lowest BCUT2D eigenvalue weighted by Gasteiger charge is -2.15. The van der Waals surface area contributed by atoms with Crippen molar-refractivity contribution in [3.63, 3.8) is 0 Å². The van der Waals surface area contributed by atoms with Crippen LogP contribution >= 0.6 is 45.3 Å². The van der Waals surface area contributed by atoms with Crippen LogP contribution < -0.4 is 0 Å². The van der Waals surface area contributed by atoms with Crippen LogP contribution in [-0.4, -0.2) is 0 Å². The van der Waals surface area contributed by atoms with E-state index >= 15 is 0 Å². The molecule has 23 aromatic carbocycles. The number of fused-ring (bicyclic) bond motifs is 4. The summed E-state index contributed by atoms with van der Waals surface area (Å²) in [6, 6.07) is 218. The van der Waals surface area contributed by atoms with Gasteiger partial charge in [0, 0.05) is 127 Å². The third-order valence-electron chi connectivity index (χ3n) is 28.1. The van der Waals surface area contributed by atoms with Crippen LogP contribution in [0, 0.1) is 0 Å². The predicted molar refractivity (Wildman–Crippen MR) is 651 cm³/mol. The molecule has 0 radical (unpaired) electrons. The summed E-state index contributed by atoms with van der Waals surface area (Å²) in [6.07, 6.45) is 0. The minimum Gasteiger partial charge on any atom is -0.134 e. The van der Waals surface area contributed by atoms with E-state index in [-0.39, 0.29) is 0 Å². The van der Waals surface area contributed by atoms with Gasteiger partial charge in [-0.3, -0.25) is 0 Å². The fourth-order valence-electron chi connectivity index (χ4n) is 21.0. The maximum absolute atomic E-state index is 2.38. The third kappa shape index (κ3) is 19.5. The van der Waals surface area contributed by atoms with Crippen molar-refractivity contribution in [3.05, 3.63) is 607 Å². The Hall–Kier alpha value is -18.1. The van der Waals surface area contributed by atoms with Crippen molar-refractivity contribution in [3.8, 4) is 206 Å². The molecule has 4 aromatic heterocycles. The van der Waals surface area contributed by atoms with Crippen LogP contribution in [0.15, 0.2) is 607 Å². The summed E-state index contributed by atoms with van der Waals surface area (Å²) in [6.45, 7) is 0. The summed E-state index contributed by atoms with van der Waals surface area (Å²) in [5, 5.41) is 10.4. The molecule has 0 aliphatic heterocycles. The molecule has 150 heavy (non-hydrogen) atoms. The number of hydrogen-bond acceptors (Lipinski definition) is 4. The van der Waals surface area contributed by atoms with Gasteiger partial charge in [-0.05, 0) is 135 Å². The van der Waals surface area contributed by atoms with Crippen molar-refractivity contribution in [1.29, 1.82) is 0 Å². The Morgan fingerprint density at radius 3 is 0.467 bits per heavy atom. The summed E-state index contributed by atoms with van der Waals surface area (Å²) in [7, 11) is 0. The number of benzene rings is 23.